The predicted octanol–water partition coefficient (Wildman–Crippen LogP) is 1.82. The molecule has 0 saturated heterocycles. The molecule has 0 spiro atoms. The number of carbonyl (C=O) groups is 1. The third kappa shape index (κ3) is 5.58. The average molecular weight is 300 g/mol. The Morgan fingerprint density at radius 2 is 1.72 bits per heavy atom. The standard InChI is InChI=1S/C10H13ClN2O3S.Na/c1-7(2)17(15,16)13-10(14)12-9-5-3-8(11)4-6-9;/h3-7H,1-2H3,(H2,12,13,14);. The minimum atomic E-state index is -3.61. The first-order valence-corrected chi connectivity index (χ1v) is 6.82. The van der Waals surface area contributed by atoms with Crippen molar-refractivity contribution in [2.75, 3.05) is 5.32 Å². The van der Waals surface area contributed by atoms with Gasteiger partial charge in [-0.05, 0) is 38.1 Å². The van der Waals surface area contributed by atoms with Gasteiger partial charge in [-0.2, -0.15) is 0 Å². The van der Waals surface area contributed by atoms with Crippen LogP contribution in [0.5, 0.6) is 0 Å². The number of halogens is 1. The molecule has 0 aliphatic heterocycles. The van der Waals surface area contributed by atoms with E-state index in [-0.39, 0.29) is 29.6 Å². The molecule has 0 bridgehead atoms. The van der Waals surface area contributed by atoms with Gasteiger partial charge >= 0.3 is 6.03 Å². The summed E-state index contributed by atoms with van der Waals surface area (Å²) in [5.74, 6) is 0. The first-order valence-electron chi connectivity index (χ1n) is 4.89. The molecule has 0 saturated carbocycles. The third-order valence-corrected chi connectivity index (χ3v) is 3.92. The topological polar surface area (TPSA) is 75.3 Å². The molecule has 0 aliphatic carbocycles. The zero-order valence-corrected chi connectivity index (χ0v) is 14.0. The zero-order chi connectivity index (χ0) is 13.1. The molecule has 18 heavy (non-hydrogen) atoms. The fourth-order valence-corrected chi connectivity index (χ4v) is 1.61. The first-order chi connectivity index (χ1) is 7.81. The normalized spacial score (nSPS) is 10.7. The van der Waals surface area contributed by atoms with Crippen molar-refractivity contribution in [3.05, 3.63) is 29.3 Å². The van der Waals surface area contributed by atoms with Gasteiger partial charge in [0.15, 0.2) is 0 Å². The first kappa shape index (κ1) is 17.7. The van der Waals surface area contributed by atoms with Gasteiger partial charge in [0, 0.05) is 40.3 Å². The van der Waals surface area contributed by atoms with E-state index in [9.17, 15) is 13.2 Å². The van der Waals surface area contributed by atoms with Gasteiger partial charge in [-0.1, -0.05) is 11.6 Å². The largest absolute Gasteiger partial charge is 0.332 e. The molecule has 1 aromatic carbocycles. The van der Waals surface area contributed by atoms with Crippen LogP contribution in [0.25, 0.3) is 0 Å². The number of anilines is 1. The second-order valence-electron chi connectivity index (χ2n) is 3.66. The molecule has 95 valence electrons. The van der Waals surface area contributed by atoms with E-state index < -0.39 is 21.3 Å². The summed E-state index contributed by atoms with van der Waals surface area (Å²) in [6, 6.07) is 5.54. The Morgan fingerprint density at radius 3 is 2.17 bits per heavy atom. The van der Waals surface area contributed by atoms with Crippen molar-refractivity contribution in [3.63, 3.8) is 0 Å². The summed E-state index contributed by atoms with van der Waals surface area (Å²) in [6.07, 6.45) is 0. The predicted molar refractivity (Wildman–Crippen MR) is 73.4 cm³/mol. The van der Waals surface area contributed by atoms with Crippen LogP contribution in [-0.2, 0) is 10.0 Å². The molecule has 1 radical (unpaired) electrons. The van der Waals surface area contributed by atoms with Crippen molar-refractivity contribution in [2.45, 2.75) is 19.1 Å². The number of hydrogen-bond donors (Lipinski definition) is 2. The smallest absolute Gasteiger partial charge is 0.307 e. The number of rotatable bonds is 3. The van der Waals surface area contributed by atoms with E-state index in [1.54, 1.807) is 24.3 Å². The molecule has 0 unspecified atom stereocenters. The molecule has 1 aromatic rings. The maximum absolute atomic E-state index is 11.4. The summed E-state index contributed by atoms with van der Waals surface area (Å²) in [5, 5.41) is 2.26. The SMILES string of the molecule is CC(C)S(=O)(=O)NC(=O)Nc1ccc(Cl)cc1.[Na]. The molecule has 2 amide bonds. The van der Waals surface area contributed by atoms with Gasteiger partial charge in [0.2, 0.25) is 10.0 Å². The summed E-state index contributed by atoms with van der Waals surface area (Å²) in [4.78, 5) is 11.4. The van der Waals surface area contributed by atoms with Crippen LogP contribution in [0, 0.1) is 0 Å². The van der Waals surface area contributed by atoms with Crippen LogP contribution < -0.4 is 10.0 Å². The Morgan fingerprint density at radius 1 is 1.22 bits per heavy atom. The number of hydrogen-bond acceptors (Lipinski definition) is 3. The van der Waals surface area contributed by atoms with Crippen molar-refractivity contribution in [1.82, 2.24) is 4.72 Å². The fourth-order valence-electron chi connectivity index (χ4n) is 0.937. The van der Waals surface area contributed by atoms with Crippen LogP contribution in [0.15, 0.2) is 24.3 Å². The zero-order valence-electron chi connectivity index (χ0n) is 10.4. The van der Waals surface area contributed by atoms with Crippen LogP contribution in [-0.4, -0.2) is 49.3 Å². The summed E-state index contributed by atoms with van der Waals surface area (Å²) < 4.78 is 24.7. The van der Waals surface area contributed by atoms with Gasteiger partial charge in [-0.3, -0.25) is 0 Å². The molecule has 0 atom stereocenters. The summed E-state index contributed by atoms with van der Waals surface area (Å²) in [6.45, 7) is 2.97. The Hall–Kier alpha value is -0.270. The molecular weight excluding hydrogens is 287 g/mol. The summed E-state index contributed by atoms with van der Waals surface area (Å²) >= 11 is 5.67. The van der Waals surface area contributed by atoms with Crippen LogP contribution in [0.4, 0.5) is 10.5 Å². The van der Waals surface area contributed by atoms with E-state index in [1.807, 2.05) is 4.72 Å². The molecule has 5 nitrogen and oxygen atoms in total. The van der Waals surface area contributed by atoms with Gasteiger partial charge in [0.1, 0.15) is 0 Å². The van der Waals surface area contributed by atoms with Gasteiger partial charge in [0.05, 0.1) is 5.25 Å². The number of nitrogens with one attached hydrogen (secondary N) is 2. The molecule has 8 heteroatoms. The quantitative estimate of drug-likeness (QED) is 0.836. The summed E-state index contributed by atoms with van der Waals surface area (Å²) in [7, 11) is -3.61. The van der Waals surface area contributed by atoms with Gasteiger partial charge in [0.25, 0.3) is 0 Å². The maximum Gasteiger partial charge on any atom is 0.332 e. The van der Waals surface area contributed by atoms with E-state index in [2.05, 4.69) is 5.32 Å². The fraction of sp³-hybridized carbons (Fsp3) is 0.300. The monoisotopic (exact) mass is 299 g/mol. The minimum absolute atomic E-state index is 0. The molecule has 0 fully saturated rings. The van der Waals surface area contributed by atoms with Crippen LogP contribution >= 0.6 is 11.6 Å². The molecule has 1 rings (SSSR count). The van der Waals surface area contributed by atoms with Crippen LogP contribution in [0.1, 0.15) is 13.8 Å². The maximum atomic E-state index is 11.4. The van der Waals surface area contributed by atoms with Gasteiger partial charge in [-0.25, -0.2) is 17.9 Å². The van der Waals surface area contributed by atoms with Crippen LogP contribution in [0.2, 0.25) is 5.02 Å². The van der Waals surface area contributed by atoms with E-state index in [1.165, 1.54) is 13.8 Å². The Balaban J connectivity index is 0.00000289. The van der Waals surface area contributed by atoms with E-state index >= 15 is 0 Å². The Kier molecular flexibility index (Phi) is 7.24. The van der Waals surface area contributed by atoms with Gasteiger partial charge in [-0.15, -0.1) is 0 Å². The molecule has 0 aliphatic rings. The van der Waals surface area contributed by atoms with Crippen molar-refractivity contribution in [2.24, 2.45) is 0 Å². The number of urea groups is 1. The minimum Gasteiger partial charge on any atom is -0.307 e. The summed E-state index contributed by atoms with van der Waals surface area (Å²) in [5.41, 5.74) is 0.464. The van der Waals surface area contributed by atoms with Crippen molar-refractivity contribution in [3.8, 4) is 0 Å². The van der Waals surface area contributed by atoms with Crippen LogP contribution in [0.3, 0.4) is 0 Å². The van der Waals surface area contributed by atoms with Crippen molar-refractivity contribution in [1.29, 1.82) is 0 Å². The van der Waals surface area contributed by atoms with Crippen molar-refractivity contribution < 1.29 is 13.2 Å². The van der Waals surface area contributed by atoms with E-state index in [0.29, 0.717) is 10.7 Å². The number of benzene rings is 1. The third-order valence-electron chi connectivity index (χ3n) is 1.96. The Labute approximate surface area is 134 Å². The van der Waals surface area contributed by atoms with Crippen molar-refractivity contribution >= 4 is 62.9 Å². The number of sulfonamides is 1. The second-order valence-corrected chi connectivity index (χ2v) is 6.33. The van der Waals surface area contributed by atoms with E-state index in [4.69, 9.17) is 11.6 Å². The van der Waals surface area contributed by atoms with E-state index in [0.717, 1.165) is 0 Å². The molecule has 0 heterocycles. The number of amides is 2. The second kappa shape index (κ2) is 7.35. The molecule has 2 N–H and O–H groups in total. The molecular formula is C10H13ClN2NaO3S. The number of carbonyl (C=O) groups excluding carboxylic acids is 1. The van der Waals surface area contributed by atoms with Gasteiger partial charge < -0.3 is 5.32 Å². The average Bonchev–Trinajstić information content (AvgIpc) is 2.20. The molecule has 0 aromatic heterocycles. The Bertz CT molecular complexity index is 502.